The average molecular weight is 490 g/mol. The van der Waals surface area contributed by atoms with Crippen LogP contribution in [0.5, 0.6) is 5.75 Å². The van der Waals surface area contributed by atoms with Crippen molar-refractivity contribution in [2.24, 2.45) is 10.9 Å². The van der Waals surface area contributed by atoms with Crippen LogP contribution in [0.15, 0.2) is 53.5 Å². The van der Waals surface area contributed by atoms with Gasteiger partial charge in [-0.05, 0) is 73.0 Å². The van der Waals surface area contributed by atoms with Crippen molar-refractivity contribution in [3.63, 3.8) is 0 Å². The number of aliphatic imine (C=N–C) groups is 1. The van der Waals surface area contributed by atoms with E-state index in [-0.39, 0.29) is 18.8 Å². The zero-order valence-corrected chi connectivity index (χ0v) is 23.0. The van der Waals surface area contributed by atoms with Gasteiger partial charge in [-0.15, -0.1) is 0 Å². The number of phenolic OH excluding ortho intramolecular Hbond substituents is 1. The molecule has 2 saturated carbocycles. The zero-order chi connectivity index (χ0) is 24.5. The van der Waals surface area contributed by atoms with Gasteiger partial charge in [-0.3, -0.25) is 4.99 Å². The van der Waals surface area contributed by atoms with Crippen molar-refractivity contribution in [3.8, 4) is 5.75 Å². The summed E-state index contributed by atoms with van der Waals surface area (Å²) in [6.07, 6.45) is 15.8. The highest BCUT2D eigenvalue weighted by atomic mass is 31.1. The van der Waals surface area contributed by atoms with Gasteiger partial charge in [0.1, 0.15) is 5.75 Å². The summed E-state index contributed by atoms with van der Waals surface area (Å²) in [5, 5.41) is 11.9. The molecule has 1 saturated heterocycles. The smallest absolute Gasteiger partial charge is 0.123 e. The van der Waals surface area contributed by atoms with Gasteiger partial charge in [0.15, 0.2) is 0 Å². The Hall–Kier alpha value is -1.66. The predicted octanol–water partition coefficient (Wildman–Crippen LogP) is 9.46. The van der Waals surface area contributed by atoms with Crippen molar-refractivity contribution in [2.45, 2.75) is 108 Å². The average Bonchev–Trinajstić information content (AvgIpc) is 3.25. The van der Waals surface area contributed by atoms with E-state index in [9.17, 15) is 5.11 Å². The Labute approximate surface area is 214 Å². The molecule has 2 aromatic rings. The maximum Gasteiger partial charge on any atom is 0.123 e. The molecule has 35 heavy (non-hydrogen) atoms. The molecule has 2 aromatic carbocycles. The number of rotatable bonds is 4. The lowest BCUT2D eigenvalue weighted by Crippen LogP contribution is -2.41. The fraction of sp³-hybridized carbons (Fsp3) is 0.594. The first kappa shape index (κ1) is 25.0. The van der Waals surface area contributed by atoms with Gasteiger partial charge >= 0.3 is 0 Å². The number of para-hydroxylation sites is 2. The Morgan fingerprint density at radius 1 is 0.829 bits per heavy atom. The van der Waals surface area contributed by atoms with Crippen LogP contribution in [0.1, 0.15) is 103 Å². The molecule has 0 bridgehead atoms. The van der Waals surface area contributed by atoms with E-state index in [0.29, 0.717) is 11.7 Å². The first-order valence-electron chi connectivity index (χ1n) is 14.1. The fourth-order valence-electron chi connectivity index (χ4n) is 7.27. The SMILES string of the molecule is CC(C)(C)c1cccc(C2(C3CCCCC3)CCP(C3CCCCC3)C2=Nc2ccccc2)c1O. The molecule has 3 heteroatoms. The summed E-state index contributed by atoms with van der Waals surface area (Å²) in [6, 6.07) is 17.3. The molecule has 1 aliphatic heterocycles. The van der Waals surface area contributed by atoms with Crippen LogP contribution < -0.4 is 0 Å². The third-order valence-corrected chi connectivity index (χ3v) is 12.2. The zero-order valence-electron chi connectivity index (χ0n) is 22.1. The van der Waals surface area contributed by atoms with E-state index in [1.807, 2.05) is 0 Å². The molecule has 0 amide bonds. The van der Waals surface area contributed by atoms with Gasteiger partial charge in [0.25, 0.3) is 0 Å². The Bertz CT molecular complexity index is 1030. The fourth-order valence-corrected chi connectivity index (χ4v) is 10.9. The maximum atomic E-state index is 11.9. The summed E-state index contributed by atoms with van der Waals surface area (Å²) in [4.78, 5) is 5.59. The molecular formula is C32H44NOP. The van der Waals surface area contributed by atoms with Crippen LogP contribution in [0.2, 0.25) is 0 Å². The van der Waals surface area contributed by atoms with Gasteiger partial charge in [-0.25, -0.2) is 0 Å². The highest BCUT2D eigenvalue weighted by molar-refractivity contribution is 7.76. The Balaban J connectivity index is 1.72. The molecule has 1 heterocycles. The number of benzene rings is 2. The summed E-state index contributed by atoms with van der Waals surface area (Å²) in [7, 11) is -0.298. The van der Waals surface area contributed by atoms with Crippen molar-refractivity contribution in [1.29, 1.82) is 0 Å². The lowest BCUT2D eigenvalue weighted by atomic mass is 9.63. The molecule has 2 unspecified atom stereocenters. The summed E-state index contributed by atoms with van der Waals surface area (Å²) >= 11 is 0. The summed E-state index contributed by atoms with van der Waals surface area (Å²) < 4.78 is 0. The van der Waals surface area contributed by atoms with Crippen LogP contribution in [0.4, 0.5) is 5.69 Å². The van der Waals surface area contributed by atoms with E-state index < -0.39 is 0 Å². The van der Waals surface area contributed by atoms with E-state index in [4.69, 9.17) is 4.99 Å². The molecule has 5 rings (SSSR count). The summed E-state index contributed by atoms with van der Waals surface area (Å²) in [5.74, 6) is 1.13. The minimum absolute atomic E-state index is 0.0860. The summed E-state index contributed by atoms with van der Waals surface area (Å²) in [6.45, 7) is 6.67. The van der Waals surface area contributed by atoms with E-state index in [0.717, 1.165) is 23.3 Å². The van der Waals surface area contributed by atoms with Crippen molar-refractivity contribution < 1.29 is 5.11 Å². The van der Waals surface area contributed by atoms with Crippen LogP contribution >= 0.6 is 7.92 Å². The van der Waals surface area contributed by atoms with Crippen LogP contribution in [-0.2, 0) is 10.8 Å². The number of phenols is 1. The second-order valence-corrected chi connectivity index (χ2v) is 14.8. The van der Waals surface area contributed by atoms with E-state index in [1.165, 1.54) is 81.4 Å². The molecule has 2 atom stereocenters. The van der Waals surface area contributed by atoms with Crippen molar-refractivity contribution >= 4 is 19.1 Å². The van der Waals surface area contributed by atoms with Gasteiger partial charge in [0.05, 0.1) is 11.1 Å². The lowest BCUT2D eigenvalue weighted by molar-refractivity contribution is 0.256. The van der Waals surface area contributed by atoms with Crippen LogP contribution in [0.25, 0.3) is 0 Å². The lowest BCUT2D eigenvalue weighted by Gasteiger charge is -2.43. The molecule has 2 nitrogen and oxygen atoms in total. The molecule has 0 spiro atoms. The Morgan fingerprint density at radius 2 is 1.49 bits per heavy atom. The molecule has 3 aliphatic rings. The van der Waals surface area contributed by atoms with Crippen LogP contribution in [0.3, 0.4) is 0 Å². The molecule has 0 aromatic heterocycles. The normalized spacial score (nSPS) is 28.0. The first-order valence-corrected chi connectivity index (χ1v) is 15.7. The monoisotopic (exact) mass is 489 g/mol. The van der Waals surface area contributed by atoms with E-state index >= 15 is 0 Å². The summed E-state index contributed by atoms with van der Waals surface area (Å²) in [5.41, 5.74) is 5.44. The van der Waals surface area contributed by atoms with Gasteiger partial charge in [-0.2, -0.15) is 0 Å². The maximum absolute atomic E-state index is 11.9. The van der Waals surface area contributed by atoms with Gasteiger partial charge in [0, 0.05) is 11.0 Å². The topological polar surface area (TPSA) is 32.6 Å². The van der Waals surface area contributed by atoms with Gasteiger partial charge in [-0.1, -0.05) is 104 Å². The van der Waals surface area contributed by atoms with Crippen molar-refractivity contribution in [2.75, 3.05) is 6.16 Å². The molecule has 1 N–H and O–H groups in total. The van der Waals surface area contributed by atoms with Crippen LogP contribution in [0, 0.1) is 5.92 Å². The number of hydrogen-bond donors (Lipinski definition) is 1. The minimum atomic E-state index is -0.298. The van der Waals surface area contributed by atoms with Gasteiger partial charge < -0.3 is 5.11 Å². The van der Waals surface area contributed by atoms with Crippen molar-refractivity contribution in [3.05, 3.63) is 59.7 Å². The molecule has 0 radical (unpaired) electrons. The number of nitrogens with zero attached hydrogens (tertiary/aromatic N) is 1. The van der Waals surface area contributed by atoms with Gasteiger partial charge in [0.2, 0.25) is 0 Å². The van der Waals surface area contributed by atoms with Crippen molar-refractivity contribution in [1.82, 2.24) is 0 Å². The molecule has 188 valence electrons. The van der Waals surface area contributed by atoms with Crippen LogP contribution in [-0.4, -0.2) is 22.4 Å². The number of aromatic hydroxyl groups is 1. The minimum Gasteiger partial charge on any atom is -0.507 e. The Morgan fingerprint density at radius 3 is 2.14 bits per heavy atom. The predicted molar refractivity (Wildman–Crippen MR) is 152 cm³/mol. The molecule has 2 aliphatic carbocycles. The van der Waals surface area contributed by atoms with E-state index in [2.05, 4.69) is 69.3 Å². The quantitative estimate of drug-likeness (QED) is 0.426. The molecular weight excluding hydrogens is 445 g/mol. The molecule has 3 fully saturated rings. The Kier molecular flexibility index (Phi) is 7.41. The number of hydrogen-bond acceptors (Lipinski definition) is 2. The second kappa shape index (κ2) is 10.4. The largest absolute Gasteiger partial charge is 0.507 e. The van der Waals surface area contributed by atoms with E-state index in [1.54, 1.807) is 0 Å². The second-order valence-electron chi connectivity index (χ2n) is 12.3. The highest BCUT2D eigenvalue weighted by Gasteiger charge is 2.54. The standard InChI is InChI=1S/C32H44NOP/c1-31(2,3)27-20-13-21-28(29(27)34)32(24-14-7-4-8-15-24)22-23-35(26-18-11-6-12-19-26)30(32)33-25-16-9-5-10-17-25/h5,9-10,13,16-17,20-21,24,26,34H,4,6-8,11-12,14-15,18-19,22-23H2,1-3H3. The third kappa shape index (κ3) is 4.85. The first-order chi connectivity index (χ1) is 16.9. The highest BCUT2D eigenvalue weighted by Crippen LogP contribution is 2.66. The third-order valence-electron chi connectivity index (χ3n) is 9.05.